The molecule has 0 spiro atoms. The van der Waals surface area contributed by atoms with E-state index < -0.39 is 17.5 Å². The van der Waals surface area contributed by atoms with E-state index in [0.29, 0.717) is 37.8 Å². The fourth-order valence-electron chi connectivity index (χ4n) is 4.85. The molecule has 6 nitrogen and oxygen atoms in total. The van der Waals surface area contributed by atoms with Crippen LogP contribution in [0.25, 0.3) is 0 Å². The first-order chi connectivity index (χ1) is 16.3. The Balaban J connectivity index is 1.17. The van der Waals surface area contributed by atoms with E-state index >= 15 is 0 Å². The van der Waals surface area contributed by atoms with Gasteiger partial charge in [0.15, 0.2) is 17.5 Å². The number of piperidine rings is 1. The first-order valence-electron chi connectivity index (χ1n) is 11.9. The molecule has 3 heterocycles. The van der Waals surface area contributed by atoms with Gasteiger partial charge in [0.25, 0.3) is 0 Å². The first-order valence-corrected chi connectivity index (χ1v) is 12.8. The third-order valence-electron chi connectivity index (χ3n) is 6.81. The molecular formula is C24H32F3N5OS. The number of amides is 2. The number of rotatable bonds is 6. The van der Waals surface area contributed by atoms with E-state index in [4.69, 9.17) is 0 Å². The number of thiazole rings is 1. The predicted molar refractivity (Wildman–Crippen MR) is 128 cm³/mol. The largest absolute Gasteiger partial charge is 0.368 e. The molecule has 2 aromatic rings. The maximum atomic E-state index is 13.6. The van der Waals surface area contributed by atoms with Crippen molar-refractivity contribution in [3.63, 3.8) is 0 Å². The summed E-state index contributed by atoms with van der Waals surface area (Å²) in [4.78, 5) is 23.2. The number of anilines is 1. The minimum absolute atomic E-state index is 0.111. The highest BCUT2D eigenvalue weighted by Crippen LogP contribution is 2.24. The fourth-order valence-corrected chi connectivity index (χ4v) is 5.45. The molecule has 1 aromatic heterocycles. The summed E-state index contributed by atoms with van der Waals surface area (Å²) in [5, 5.41) is 6.28. The zero-order chi connectivity index (χ0) is 24.2. The van der Waals surface area contributed by atoms with Crippen molar-refractivity contribution in [1.82, 2.24) is 20.1 Å². The Kier molecular flexibility index (Phi) is 7.98. The van der Waals surface area contributed by atoms with Crippen molar-refractivity contribution in [3.8, 4) is 0 Å². The Hall–Kier alpha value is -2.33. The van der Waals surface area contributed by atoms with Crippen LogP contribution < -0.4 is 10.2 Å². The van der Waals surface area contributed by atoms with Gasteiger partial charge in [0.05, 0.1) is 10.7 Å². The number of piperazine rings is 1. The molecule has 0 aliphatic carbocycles. The summed E-state index contributed by atoms with van der Waals surface area (Å²) in [7, 11) is 0. The van der Waals surface area contributed by atoms with Gasteiger partial charge in [-0.1, -0.05) is 0 Å². The average molecular weight is 496 g/mol. The van der Waals surface area contributed by atoms with Crippen LogP contribution in [0.15, 0.2) is 17.5 Å². The maximum absolute atomic E-state index is 13.6. The molecule has 0 radical (unpaired) electrons. The summed E-state index contributed by atoms with van der Waals surface area (Å²) in [6.45, 7) is 8.88. The molecule has 2 fully saturated rings. The van der Waals surface area contributed by atoms with E-state index in [0.717, 1.165) is 61.7 Å². The van der Waals surface area contributed by atoms with Crippen LogP contribution in [0.3, 0.4) is 0 Å². The van der Waals surface area contributed by atoms with E-state index in [9.17, 15) is 18.0 Å². The number of aromatic nitrogens is 1. The molecule has 2 saturated heterocycles. The number of urea groups is 1. The summed E-state index contributed by atoms with van der Waals surface area (Å²) in [5.74, 6) is -3.26. The molecule has 4 rings (SSSR count). The lowest BCUT2D eigenvalue weighted by atomic mass is 9.93. The second kappa shape index (κ2) is 10.9. The van der Waals surface area contributed by atoms with Crippen LogP contribution in [0.5, 0.6) is 0 Å². The SMILES string of the molecule is Cc1nc(CN2CCC(CCNC(=O)N3CCN(c4cc(F)c(F)c(F)c4)C[C@H]3C)CC2)cs1. The van der Waals surface area contributed by atoms with Gasteiger partial charge in [-0.2, -0.15) is 0 Å². The van der Waals surface area contributed by atoms with Crippen molar-refractivity contribution >= 4 is 23.1 Å². The van der Waals surface area contributed by atoms with Crippen LogP contribution in [0.2, 0.25) is 0 Å². The van der Waals surface area contributed by atoms with Crippen molar-refractivity contribution < 1.29 is 18.0 Å². The topological polar surface area (TPSA) is 51.7 Å². The normalized spacial score (nSPS) is 20.1. The summed E-state index contributed by atoms with van der Waals surface area (Å²) in [6, 6.07) is 1.76. The number of nitrogens with one attached hydrogen (secondary N) is 1. The number of benzene rings is 1. The number of halogens is 3. The van der Waals surface area contributed by atoms with Crippen molar-refractivity contribution in [2.75, 3.05) is 44.2 Å². The Bertz CT molecular complexity index is 972. The Morgan fingerprint density at radius 2 is 1.85 bits per heavy atom. The molecule has 186 valence electrons. The van der Waals surface area contributed by atoms with Crippen LogP contribution in [0.1, 0.15) is 36.9 Å². The zero-order valence-corrected chi connectivity index (χ0v) is 20.5. The maximum Gasteiger partial charge on any atom is 0.317 e. The lowest BCUT2D eigenvalue weighted by Crippen LogP contribution is -2.56. The van der Waals surface area contributed by atoms with Gasteiger partial charge < -0.3 is 15.1 Å². The lowest BCUT2D eigenvalue weighted by Gasteiger charge is -2.41. The van der Waals surface area contributed by atoms with E-state index in [1.807, 2.05) is 13.8 Å². The third kappa shape index (κ3) is 6.02. The van der Waals surface area contributed by atoms with Crippen molar-refractivity contribution in [2.45, 2.75) is 45.7 Å². The standard InChI is InChI=1S/C24H32F3N5OS/c1-16-13-31(20-11-21(25)23(27)22(26)12-20)9-10-32(16)24(33)28-6-3-18-4-7-30(8-5-18)14-19-15-34-17(2)29-19/h11-12,15-16,18H,3-10,13-14H2,1-2H3,(H,28,33)/t16-/m1/s1. The number of carbonyl (C=O) groups is 1. The molecule has 0 bridgehead atoms. The minimum atomic E-state index is -1.46. The Labute approximate surface area is 202 Å². The van der Waals surface area contributed by atoms with Crippen LogP contribution in [-0.4, -0.2) is 66.1 Å². The van der Waals surface area contributed by atoms with Gasteiger partial charge >= 0.3 is 6.03 Å². The molecule has 10 heteroatoms. The van der Waals surface area contributed by atoms with Gasteiger partial charge in [-0.15, -0.1) is 11.3 Å². The highest BCUT2D eigenvalue weighted by molar-refractivity contribution is 7.09. The average Bonchev–Trinajstić information content (AvgIpc) is 3.22. The summed E-state index contributed by atoms with van der Waals surface area (Å²) in [6.07, 6.45) is 3.20. The highest BCUT2D eigenvalue weighted by Gasteiger charge is 2.29. The van der Waals surface area contributed by atoms with Gasteiger partial charge in [-0.3, -0.25) is 4.90 Å². The molecule has 1 atom stereocenters. The molecule has 34 heavy (non-hydrogen) atoms. The van der Waals surface area contributed by atoms with Crippen molar-refractivity contribution in [3.05, 3.63) is 45.7 Å². The van der Waals surface area contributed by atoms with Crippen LogP contribution in [0.4, 0.5) is 23.7 Å². The molecule has 1 aromatic carbocycles. The highest BCUT2D eigenvalue weighted by atomic mass is 32.1. The quantitative estimate of drug-likeness (QED) is 0.604. The summed E-state index contributed by atoms with van der Waals surface area (Å²) >= 11 is 1.69. The van der Waals surface area contributed by atoms with E-state index in [2.05, 4.69) is 20.6 Å². The predicted octanol–water partition coefficient (Wildman–Crippen LogP) is 4.39. The Morgan fingerprint density at radius 1 is 1.15 bits per heavy atom. The minimum Gasteiger partial charge on any atom is -0.368 e. The zero-order valence-electron chi connectivity index (χ0n) is 19.7. The van der Waals surface area contributed by atoms with Crippen LogP contribution in [-0.2, 0) is 6.54 Å². The van der Waals surface area contributed by atoms with Gasteiger partial charge in [0.1, 0.15) is 0 Å². The second-order valence-corrected chi connectivity index (χ2v) is 10.4. The molecule has 2 aliphatic heterocycles. The molecule has 2 amide bonds. The summed E-state index contributed by atoms with van der Waals surface area (Å²) in [5.41, 5.74) is 1.44. The number of carbonyl (C=O) groups excluding carboxylic acids is 1. The number of nitrogens with zero attached hydrogens (tertiary/aromatic N) is 4. The number of likely N-dealkylation sites (tertiary alicyclic amines) is 1. The van der Waals surface area contributed by atoms with Crippen LogP contribution >= 0.6 is 11.3 Å². The van der Waals surface area contributed by atoms with E-state index in [1.54, 1.807) is 21.1 Å². The van der Waals surface area contributed by atoms with Crippen molar-refractivity contribution in [2.24, 2.45) is 5.92 Å². The van der Waals surface area contributed by atoms with E-state index in [1.165, 1.54) is 0 Å². The second-order valence-electron chi connectivity index (χ2n) is 9.31. The molecule has 0 saturated carbocycles. The monoisotopic (exact) mass is 495 g/mol. The molecule has 1 N–H and O–H groups in total. The van der Waals surface area contributed by atoms with Crippen LogP contribution in [0, 0.1) is 30.3 Å². The summed E-state index contributed by atoms with van der Waals surface area (Å²) < 4.78 is 40.4. The van der Waals surface area contributed by atoms with Gasteiger partial charge in [0, 0.05) is 62.0 Å². The lowest BCUT2D eigenvalue weighted by molar-refractivity contribution is 0.162. The number of hydrogen-bond acceptors (Lipinski definition) is 5. The first kappa shape index (κ1) is 24.8. The number of hydrogen-bond donors (Lipinski definition) is 1. The molecule has 2 aliphatic rings. The molecular weight excluding hydrogens is 463 g/mol. The van der Waals surface area contributed by atoms with Gasteiger partial charge in [-0.05, 0) is 52.1 Å². The van der Waals surface area contributed by atoms with Gasteiger partial charge in [-0.25, -0.2) is 22.9 Å². The molecule has 0 unspecified atom stereocenters. The van der Waals surface area contributed by atoms with E-state index in [-0.39, 0.29) is 12.1 Å². The smallest absolute Gasteiger partial charge is 0.317 e. The third-order valence-corrected chi connectivity index (χ3v) is 7.63. The fraction of sp³-hybridized carbons (Fsp3) is 0.583. The van der Waals surface area contributed by atoms with Gasteiger partial charge in [0.2, 0.25) is 0 Å². The van der Waals surface area contributed by atoms with Crippen molar-refractivity contribution in [1.29, 1.82) is 0 Å². The Morgan fingerprint density at radius 3 is 2.47 bits per heavy atom. The number of aryl methyl sites for hydroxylation is 1.